The van der Waals surface area contributed by atoms with Crippen LogP contribution in [0.4, 0.5) is 34.6 Å². The summed E-state index contributed by atoms with van der Waals surface area (Å²) in [4.78, 5) is 8.77. The van der Waals surface area contributed by atoms with E-state index < -0.39 is 49.1 Å². The Bertz CT molecular complexity index is 945. The van der Waals surface area contributed by atoms with Gasteiger partial charge in [-0.15, -0.1) is 13.2 Å². The van der Waals surface area contributed by atoms with Crippen molar-refractivity contribution in [2.45, 2.75) is 11.3 Å². The van der Waals surface area contributed by atoms with Gasteiger partial charge in [-0.3, -0.25) is 14.8 Å². The molecule has 0 aliphatic rings. The van der Waals surface area contributed by atoms with Crippen LogP contribution in [0.15, 0.2) is 41.3 Å². The molecule has 0 unspecified atom stereocenters. The summed E-state index contributed by atoms with van der Waals surface area (Å²) in [5.41, 5.74) is 3.64. The van der Waals surface area contributed by atoms with E-state index in [1.165, 1.54) is 0 Å². The molecule has 0 aliphatic heterocycles. The van der Waals surface area contributed by atoms with E-state index in [1.54, 1.807) is 0 Å². The summed E-state index contributed by atoms with van der Waals surface area (Å²) in [6, 6.07) is 4.44. The minimum absolute atomic E-state index is 0.224. The lowest BCUT2D eigenvalue weighted by molar-refractivity contribution is -0.384. The van der Waals surface area contributed by atoms with E-state index in [2.05, 4.69) is 4.74 Å². The van der Waals surface area contributed by atoms with E-state index in [0.717, 1.165) is 24.3 Å². The Morgan fingerprint density at radius 3 is 2.23 bits per heavy atom. The minimum Gasteiger partial charge on any atom is -0.406 e. The van der Waals surface area contributed by atoms with Gasteiger partial charge in [0.05, 0.1) is 4.92 Å². The lowest BCUT2D eigenvalue weighted by Crippen LogP contribution is -2.17. The number of alkyl halides is 3. The fourth-order valence-electron chi connectivity index (χ4n) is 1.86. The third-order valence-corrected chi connectivity index (χ3v) is 4.30. The molecule has 3 N–H and O–H groups in total. The number of nitrogens with one attached hydrogen (secondary N) is 1. The number of ether oxygens (including phenoxy) is 1. The number of nitro groups is 1. The zero-order valence-electron chi connectivity index (χ0n) is 12.5. The molecule has 0 aromatic heterocycles. The molecule has 0 spiro atoms. The van der Waals surface area contributed by atoms with Gasteiger partial charge >= 0.3 is 6.36 Å². The van der Waals surface area contributed by atoms with Crippen LogP contribution in [0, 0.1) is 15.9 Å². The van der Waals surface area contributed by atoms with Crippen LogP contribution in [-0.4, -0.2) is 19.7 Å². The number of rotatable bonds is 5. The number of nitrogens with zero attached hydrogens (tertiary/aromatic N) is 1. The summed E-state index contributed by atoms with van der Waals surface area (Å²) in [7, 11) is -4.61. The molecular weight excluding hydrogens is 386 g/mol. The second-order valence-electron chi connectivity index (χ2n) is 4.78. The Morgan fingerprint density at radius 2 is 1.73 bits per heavy atom. The number of nitrogen functional groups attached to an aromatic ring is 1. The van der Waals surface area contributed by atoms with Gasteiger partial charge in [0.15, 0.2) is 0 Å². The predicted octanol–water partition coefficient (Wildman–Crippen LogP) is 3.02. The summed E-state index contributed by atoms with van der Waals surface area (Å²) >= 11 is 0. The smallest absolute Gasteiger partial charge is 0.406 e. The molecule has 0 bridgehead atoms. The van der Waals surface area contributed by atoms with Crippen molar-refractivity contribution in [1.29, 1.82) is 0 Å². The molecule has 0 amide bonds. The Hall–Kier alpha value is -3.09. The van der Waals surface area contributed by atoms with Gasteiger partial charge in [0, 0.05) is 17.8 Å². The highest BCUT2D eigenvalue weighted by molar-refractivity contribution is 7.92. The molecule has 2 aromatic carbocycles. The highest BCUT2D eigenvalue weighted by Crippen LogP contribution is 2.29. The number of nitrogens with two attached hydrogens (primary N) is 1. The Balaban J connectivity index is 2.32. The van der Waals surface area contributed by atoms with Crippen molar-refractivity contribution < 1.29 is 35.6 Å². The molecule has 0 saturated heterocycles. The van der Waals surface area contributed by atoms with E-state index in [1.807, 2.05) is 4.72 Å². The number of anilines is 2. The summed E-state index contributed by atoms with van der Waals surface area (Å²) in [6.45, 7) is 0. The van der Waals surface area contributed by atoms with Crippen LogP contribution < -0.4 is 15.2 Å². The average molecular weight is 395 g/mol. The lowest BCUT2D eigenvalue weighted by atomic mass is 10.2. The average Bonchev–Trinajstić information content (AvgIpc) is 2.46. The molecule has 0 saturated carbocycles. The molecule has 8 nitrogen and oxygen atoms in total. The number of halogens is 4. The van der Waals surface area contributed by atoms with Crippen molar-refractivity contribution in [2.24, 2.45) is 0 Å². The second kappa shape index (κ2) is 6.67. The van der Waals surface area contributed by atoms with E-state index in [4.69, 9.17) is 5.73 Å². The maximum atomic E-state index is 13.9. The Kier molecular flexibility index (Phi) is 4.93. The summed E-state index contributed by atoms with van der Waals surface area (Å²) in [6.07, 6.45) is -4.92. The molecule has 2 aromatic rings. The van der Waals surface area contributed by atoms with Crippen LogP contribution in [0.2, 0.25) is 0 Å². The standard InChI is InChI=1S/C13H9F4N3O5S/c14-9-5-10(18)11(20(21)22)6-12(9)26(23,24)19-7-1-3-8(4-2-7)25-13(15,16)17/h1-6,19H,18H2. The normalized spacial score (nSPS) is 11.8. The van der Waals surface area contributed by atoms with E-state index in [-0.39, 0.29) is 5.69 Å². The Morgan fingerprint density at radius 1 is 1.15 bits per heavy atom. The molecule has 13 heteroatoms. The van der Waals surface area contributed by atoms with Gasteiger partial charge in [-0.1, -0.05) is 0 Å². The summed E-state index contributed by atoms with van der Waals surface area (Å²) < 4.78 is 80.0. The molecule has 0 radical (unpaired) electrons. The van der Waals surface area contributed by atoms with Crippen molar-refractivity contribution in [1.82, 2.24) is 0 Å². The molecule has 0 heterocycles. The maximum Gasteiger partial charge on any atom is 0.573 e. The maximum absolute atomic E-state index is 13.9. The van der Waals surface area contributed by atoms with E-state index in [0.29, 0.717) is 12.1 Å². The highest BCUT2D eigenvalue weighted by Gasteiger charge is 2.31. The van der Waals surface area contributed by atoms with Crippen molar-refractivity contribution in [3.63, 3.8) is 0 Å². The quantitative estimate of drug-likeness (QED) is 0.347. The lowest BCUT2D eigenvalue weighted by Gasteiger charge is -2.11. The van der Waals surface area contributed by atoms with Gasteiger partial charge in [0.25, 0.3) is 15.7 Å². The molecule has 0 aliphatic carbocycles. The summed E-state index contributed by atoms with van der Waals surface area (Å²) in [5.74, 6) is -1.94. The van der Waals surface area contributed by atoms with Crippen LogP contribution >= 0.6 is 0 Å². The van der Waals surface area contributed by atoms with Gasteiger partial charge in [-0.05, 0) is 24.3 Å². The molecule has 140 valence electrons. The fraction of sp³-hybridized carbons (Fsp3) is 0.0769. The monoisotopic (exact) mass is 395 g/mol. The third kappa shape index (κ3) is 4.50. The van der Waals surface area contributed by atoms with Crippen LogP contribution in [-0.2, 0) is 10.0 Å². The van der Waals surface area contributed by atoms with Crippen molar-refractivity contribution in [3.05, 3.63) is 52.3 Å². The largest absolute Gasteiger partial charge is 0.573 e. The van der Waals surface area contributed by atoms with Gasteiger partial charge < -0.3 is 10.5 Å². The summed E-state index contributed by atoms with van der Waals surface area (Å²) in [5, 5.41) is 10.8. The zero-order chi connectivity index (χ0) is 19.7. The number of hydrogen-bond donors (Lipinski definition) is 2. The molecule has 2 rings (SSSR count). The molecular formula is C13H9F4N3O5S. The number of sulfonamides is 1. The van der Waals surface area contributed by atoms with Crippen molar-refractivity contribution in [2.75, 3.05) is 10.5 Å². The first-order valence-electron chi connectivity index (χ1n) is 6.51. The van der Waals surface area contributed by atoms with Crippen LogP contribution in [0.5, 0.6) is 5.75 Å². The number of hydrogen-bond acceptors (Lipinski definition) is 6. The second-order valence-corrected chi connectivity index (χ2v) is 6.43. The first-order valence-corrected chi connectivity index (χ1v) is 7.99. The molecule has 0 fully saturated rings. The predicted molar refractivity (Wildman–Crippen MR) is 81.4 cm³/mol. The van der Waals surface area contributed by atoms with Crippen LogP contribution in [0.3, 0.4) is 0 Å². The van der Waals surface area contributed by atoms with Crippen molar-refractivity contribution >= 4 is 27.1 Å². The zero-order valence-corrected chi connectivity index (χ0v) is 13.3. The van der Waals surface area contributed by atoms with E-state index >= 15 is 0 Å². The van der Waals surface area contributed by atoms with E-state index in [9.17, 15) is 36.1 Å². The first-order chi connectivity index (χ1) is 11.9. The van der Waals surface area contributed by atoms with Gasteiger partial charge in [0.2, 0.25) is 0 Å². The minimum atomic E-state index is -4.92. The fourth-order valence-corrected chi connectivity index (χ4v) is 3.00. The van der Waals surface area contributed by atoms with Crippen LogP contribution in [0.25, 0.3) is 0 Å². The van der Waals surface area contributed by atoms with Gasteiger partial charge in [-0.25, -0.2) is 12.8 Å². The van der Waals surface area contributed by atoms with Gasteiger partial charge in [-0.2, -0.15) is 0 Å². The SMILES string of the molecule is Nc1cc(F)c(S(=O)(=O)Nc2ccc(OC(F)(F)F)cc2)cc1[N+](=O)[O-]. The third-order valence-electron chi connectivity index (χ3n) is 2.91. The molecule has 0 atom stereocenters. The Labute approximate surface area is 143 Å². The topological polar surface area (TPSA) is 125 Å². The molecule has 26 heavy (non-hydrogen) atoms. The van der Waals surface area contributed by atoms with Gasteiger partial charge in [0.1, 0.15) is 22.1 Å². The van der Waals surface area contributed by atoms with Crippen LogP contribution in [0.1, 0.15) is 0 Å². The number of benzene rings is 2. The first kappa shape index (κ1) is 19.2. The number of nitro benzene ring substituents is 1. The van der Waals surface area contributed by atoms with Crippen molar-refractivity contribution in [3.8, 4) is 5.75 Å². The highest BCUT2D eigenvalue weighted by atomic mass is 32.2.